The van der Waals surface area contributed by atoms with E-state index in [1.807, 2.05) is 64.2 Å². The molecule has 3 atom stereocenters. The molecule has 3 heteroatoms. The number of ketones is 1. The molecule has 0 heterocycles. The van der Waals surface area contributed by atoms with Gasteiger partial charge >= 0.3 is 0 Å². The van der Waals surface area contributed by atoms with Crippen molar-refractivity contribution in [1.29, 1.82) is 0 Å². The highest BCUT2D eigenvalue weighted by atomic mass is 16.3. The molecule has 3 unspecified atom stereocenters. The minimum atomic E-state index is -0.532. The zero-order valence-electron chi connectivity index (χ0n) is 28.4. The number of hydrogen-bond donors (Lipinski definition) is 2. The lowest BCUT2D eigenvalue weighted by Crippen LogP contribution is -2.41. The molecule has 3 nitrogen and oxygen atoms in total. The lowest BCUT2D eigenvalue weighted by Gasteiger charge is -2.38. The minimum absolute atomic E-state index is 0.00528. The number of aliphatic hydroxyl groups is 2. The maximum Gasteiger partial charge on any atom is 0.162 e. The summed E-state index contributed by atoms with van der Waals surface area (Å²) in [7, 11) is 0. The fraction of sp³-hybridized carbons (Fsp3) is 0.475. The second-order valence-corrected chi connectivity index (χ2v) is 14.0. The Morgan fingerprint density at radius 2 is 1.21 bits per heavy atom. The summed E-state index contributed by atoms with van der Waals surface area (Å²) in [6.45, 7) is 20.7. The molecule has 0 aromatic rings. The SMILES string of the molecule is CC(C=CC=C(C)C=CC(=O)C1(C)CCC(O)C1(C)C)=CC=CC=C(C)C=CC=C(C)C=CC1=C(C)CC(O)CC1(C)C. The van der Waals surface area contributed by atoms with E-state index in [1.54, 1.807) is 6.08 Å². The molecule has 0 aromatic carbocycles. The quantitative estimate of drug-likeness (QED) is 0.188. The highest BCUT2D eigenvalue weighted by Gasteiger charge is 2.54. The zero-order valence-corrected chi connectivity index (χ0v) is 28.4. The Bertz CT molecular complexity index is 1310. The van der Waals surface area contributed by atoms with Crippen molar-refractivity contribution in [2.75, 3.05) is 0 Å². The zero-order chi connectivity index (χ0) is 32.4. The first-order chi connectivity index (χ1) is 20.0. The summed E-state index contributed by atoms with van der Waals surface area (Å²) in [5.74, 6) is 0.0853. The van der Waals surface area contributed by atoms with Gasteiger partial charge in [0.25, 0.3) is 0 Å². The normalized spacial score (nSPS) is 27.7. The van der Waals surface area contributed by atoms with Crippen LogP contribution in [-0.2, 0) is 4.79 Å². The van der Waals surface area contributed by atoms with Crippen LogP contribution >= 0.6 is 0 Å². The van der Waals surface area contributed by atoms with Crippen molar-refractivity contribution in [2.45, 2.75) is 107 Å². The van der Waals surface area contributed by atoms with Gasteiger partial charge in [-0.2, -0.15) is 0 Å². The number of carbonyl (C=O) groups is 1. The lowest BCUT2D eigenvalue weighted by molar-refractivity contribution is -0.130. The summed E-state index contributed by atoms with van der Waals surface area (Å²) in [4.78, 5) is 12.9. The highest BCUT2D eigenvalue weighted by Crippen LogP contribution is 2.53. The molecular weight excluding hydrogens is 528 g/mol. The molecule has 1 fully saturated rings. The third-order valence-electron chi connectivity index (χ3n) is 9.47. The largest absolute Gasteiger partial charge is 0.393 e. The van der Waals surface area contributed by atoms with E-state index < -0.39 is 16.9 Å². The molecule has 1 saturated carbocycles. The number of carbonyl (C=O) groups excluding carboxylic acids is 1. The minimum Gasteiger partial charge on any atom is -0.393 e. The molecular formula is C40H56O3. The fourth-order valence-corrected chi connectivity index (χ4v) is 6.04. The molecule has 234 valence electrons. The summed E-state index contributed by atoms with van der Waals surface area (Å²) in [6, 6.07) is 0. The Kier molecular flexibility index (Phi) is 13.2. The average Bonchev–Trinajstić information content (AvgIpc) is 3.11. The van der Waals surface area contributed by atoms with Gasteiger partial charge in [0.05, 0.1) is 12.2 Å². The monoisotopic (exact) mass is 584 g/mol. The number of hydrogen-bond acceptors (Lipinski definition) is 3. The highest BCUT2D eigenvalue weighted by molar-refractivity contribution is 5.96. The Morgan fingerprint density at radius 1 is 0.721 bits per heavy atom. The predicted molar refractivity (Wildman–Crippen MR) is 185 cm³/mol. The second kappa shape index (κ2) is 15.6. The number of aliphatic hydroxyl groups excluding tert-OH is 2. The van der Waals surface area contributed by atoms with Crippen LogP contribution in [0, 0.1) is 16.2 Å². The standard InChI is InChI=1S/C40H56O3/c1-29(17-13-19-31(3)21-23-35-33(5)27-34(41)28-38(35,6)7)15-11-12-16-30(2)18-14-20-32(4)22-24-37(43)40(10)26-25-36(42)39(40,8)9/h11-24,34,36,41-42H,25-28H2,1-10H3. The van der Waals surface area contributed by atoms with Crippen LogP contribution in [-0.4, -0.2) is 28.2 Å². The number of allylic oxidation sites excluding steroid dienone is 19. The molecule has 43 heavy (non-hydrogen) atoms. The Hall–Kier alpha value is -3.01. The van der Waals surface area contributed by atoms with Crippen LogP contribution in [0.1, 0.15) is 94.9 Å². The second-order valence-electron chi connectivity index (χ2n) is 14.0. The van der Waals surface area contributed by atoms with Crippen LogP contribution in [0.5, 0.6) is 0 Å². The molecule has 0 radical (unpaired) electrons. The summed E-state index contributed by atoms with van der Waals surface area (Å²) in [5.41, 5.74) is 6.14. The van der Waals surface area contributed by atoms with Crippen molar-refractivity contribution in [2.24, 2.45) is 16.2 Å². The van der Waals surface area contributed by atoms with Crippen molar-refractivity contribution in [1.82, 2.24) is 0 Å². The Morgan fingerprint density at radius 3 is 1.70 bits per heavy atom. The third kappa shape index (κ3) is 10.3. The lowest BCUT2D eigenvalue weighted by atomic mass is 9.66. The van der Waals surface area contributed by atoms with Crippen molar-refractivity contribution < 1.29 is 15.0 Å². The van der Waals surface area contributed by atoms with Crippen LogP contribution in [0.15, 0.2) is 119 Å². The van der Waals surface area contributed by atoms with E-state index in [-0.39, 0.29) is 17.3 Å². The van der Waals surface area contributed by atoms with Crippen LogP contribution in [0.25, 0.3) is 0 Å². The molecule has 2 rings (SSSR count). The van der Waals surface area contributed by atoms with Gasteiger partial charge in [0.2, 0.25) is 0 Å². The fourth-order valence-electron chi connectivity index (χ4n) is 6.04. The van der Waals surface area contributed by atoms with Crippen molar-refractivity contribution in [3.63, 3.8) is 0 Å². The molecule has 2 aliphatic rings. The predicted octanol–water partition coefficient (Wildman–Crippen LogP) is 9.81. The van der Waals surface area contributed by atoms with E-state index in [0.717, 1.165) is 29.6 Å². The van der Waals surface area contributed by atoms with Gasteiger partial charge in [-0.3, -0.25) is 4.79 Å². The summed E-state index contributed by atoms with van der Waals surface area (Å²) in [5, 5.41) is 20.4. The van der Waals surface area contributed by atoms with Crippen molar-refractivity contribution >= 4 is 5.78 Å². The van der Waals surface area contributed by atoms with E-state index in [1.165, 1.54) is 16.7 Å². The molecule has 2 N–H and O–H groups in total. The van der Waals surface area contributed by atoms with Gasteiger partial charge < -0.3 is 10.2 Å². The molecule has 0 bridgehead atoms. The van der Waals surface area contributed by atoms with Crippen molar-refractivity contribution in [3.05, 3.63) is 119 Å². The van der Waals surface area contributed by atoms with Crippen molar-refractivity contribution in [3.8, 4) is 0 Å². The topological polar surface area (TPSA) is 57.5 Å². The molecule has 0 saturated heterocycles. The summed E-state index contributed by atoms with van der Waals surface area (Å²) in [6.07, 6.45) is 30.8. The first-order valence-corrected chi connectivity index (χ1v) is 15.7. The van der Waals surface area contributed by atoms with Crippen LogP contribution in [0.3, 0.4) is 0 Å². The maximum absolute atomic E-state index is 12.9. The van der Waals surface area contributed by atoms with Gasteiger partial charge in [0, 0.05) is 10.8 Å². The molecule has 0 spiro atoms. The third-order valence-corrected chi connectivity index (χ3v) is 9.47. The molecule has 0 amide bonds. The van der Waals surface area contributed by atoms with E-state index in [4.69, 9.17) is 0 Å². The summed E-state index contributed by atoms with van der Waals surface area (Å²) < 4.78 is 0. The van der Waals surface area contributed by atoms with E-state index in [9.17, 15) is 15.0 Å². The first-order valence-electron chi connectivity index (χ1n) is 15.7. The van der Waals surface area contributed by atoms with Gasteiger partial charge in [0.15, 0.2) is 5.78 Å². The van der Waals surface area contributed by atoms with Gasteiger partial charge in [-0.15, -0.1) is 0 Å². The van der Waals surface area contributed by atoms with Gasteiger partial charge in [0.1, 0.15) is 0 Å². The number of rotatable bonds is 11. The maximum atomic E-state index is 12.9. The molecule has 2 aliphatic carbocycles. The smallest absolute Gasteiger partial charge is 0.162 e. The van der Waals surface area contributed by atoms with Gasteiger partial charge in [-0.1, -0.05) is 141 Å². The Balaban J connectivity index is 1.89. The van der Waals surface area contributed by atoms with Crippen LogP contribution < -0.4 is 0 Å². The molecule has 0 aromatic heterocycles. The molecule has 0 aliphatic heterocycles. The van der Waals surface area contributed by atoms with E-state index in [2.05, 4.69) is 84.1 Å². The van der Waals surface area contributed by atoms with Crippen LogP contribution in [0.2, 0.25) is 0 Å². The van der Waals surface area contributed by atoms with Gasteiger partial charge in [-0.05, 0) is 77.4 Å². The first kappa shape index (κ1) is 36.2. The summed E-state index contributed by atoms with van der Waals surface area (Å²) >= 11 is 0. The van der Waals surface area contributed by atoms with E-state index in [0.29, 0.717) is 12.8 Å². The van der Waals surface area contributed by atoms with E-state index >= 15 is 0 Å². The average molecular weight is 585 g/mol. The van der Waals surface area contributed by atoms with Gasteiger partial charge in [-0.25, -0.2) is 0 Å². The van der Waals surface area contributed by atoms with Crippen LogP contribution in [0.4, 0.5) is 0 Å². The Labute approximate surface area is 262 Å².